The van der Waals surface area contributed by atoms with Gasteiger partial charge in [-0.15, -0.1) is 0 Å². The maximum atomic E-state index is 13.9. The second kappa shape index (κ2) is 12.2. The van der Waals surface area contributed by atoms with Gasteiger partial charge in [-0.1, -0.05) is 27.3 Å². The molecule has 0 saturated carbocycles. The molecule has 0 radical (unpaired) electrons. The topological polar surface area (TPSA) is 138 Å². The molecular formula is C28H25BrN4O7S2. The average Bonchev–Trinajstić information content (AvgIpc) is 3.50. The van der Waals surface area contributed by atoms with Gasteiger partial charge >= 0.3 is 5.97 Å². The summed E-state index contributed by atoms with van der Waals surface area (Å²) in [6, 6.07) is 7.43. The Balaban J connectivity index is 1.63. The summed E-state index contributed by atoms with van der Waals surface area (Å²) in [6.07, 6.45) is 1.62. The summed E-state index contributed by atoms with van der Waals surface area (Å²) < 4.78 is 24.7. The highest BCUT2D eigenvalue weighted by Crippen LogP contribution is 2.40. The second-order valence-electron chi connectivity index (χ2n) is 8.98. The van der Waals surface area contributed by atoms with E-state index >= 15 is 0 Å². The molecule has 14 heteroatoms. The fourth-order valence-electron chi connectivity index (χ4n) is 4.46. The number of allylic oxidation sites excluding steroid dienone is 1. The number of hydrogen-bond donors (Lipinski definition) is 1. The van der Waals surface area contributed by atoms with E-state index in [9.17, 15) is 14.4 Å². The van der Waals surface area contributed by atoms with Crippen molar-refractivity contribution < 1.29 is 23.4 Å². The fraction of sp³-hybridized carbons (Fsp3) is 0.250. The number of furan rings is 1. The predicted molar refractivity (Wildman–Crippen MR) is 160 cm³/mol. The minimum Gasteiger partial charge on any atom is -0.493 e. The van der Waals surface area contributed by atoms with Gasteiger partial charge in [0.15, 0.2) is 26.5 Å². The molecule has 1 atom stereocenters. The number of halogens is 1. The number of nitrogens with one attached hydrogen (secondary N) is 1. The molecule has 0 spiro atoms. The number of benzene rings is 1. The zero-order valence-corrected chi connectivity index (χ0v) is 26.4. The van der Waals surface area contributed by atoms with Crippen LogP contribution in [0.3, 0.4) is 0 Å². The number of ether oxygens (including phenoxy) is 3. The minimum atomic E-state index is -0.858. The Morgan fingerprint density at radius 2 is 1.93 bits per heavy atom. The molecule has 0 aliphatic carbocycles. The summed E-state index contributed by atoms with van der Waals surface area (Å²) in [6.45, 7) is 5.32. The summed E-state index contributed by atoms with van der Waals surface area (Å²) in [4.78, 5) is 50.9. The zero-order chi connectivity index (χ0) is 30.1. The van der Waals surface area contributed by atoms with Gasteiger partial charge in [0.2, 0.25) is 0 Å². The number of esters is 1. The van der Waals surface area contributed by atoms with E-state index in [0.29, 0.717) is 58.3 Å². The van der Waals surface area contributed by atoms with Crippen LogP contribution < -0.4 is 29.9 Å². The van der Waals surface area contributed by atoms with E-state index in [2.05, 4.69) is 30.9 Å². The Bertz CT molecular complexity index is 1970. The number of fused-ring (bicyclic) bond motifs is 1. The van der Waals surface area contributed by atoms with Crippen LogP contribution in [0.25, 0.3) is 6.08 Å². The number of methoxy groups -OCH3 is 2. The van der Waals surface area contributed by atoms with Gasteiger partial charge in [0, 0.05) is 22.3 Å². The molecule has 5 rings (SSSR count). The van der Waals surface area contributed by atoms with Crippen molar-refractivity contribution in [1.29, 1.82) is 0 Å². The van der Waals surface area contributed by atoms with Crippen molar-refractivity contribution in [3.05, 3.63) is 93.1 Å². The van der Waals surface area contributed by atoms with E-state index < -0.39 is 12.0 Å². The molecule has 4 aromatic rings. The maximum absolute atomic E-state index is 13.9. The number of carbonyl (C=O) groups excluding carboxylic acids is 1. The average molecular weight is 674 g/mol. The Kier molecular flexibility index (Phi) is 8.57. The SMILES string of the molecule is CCOC(=O)C1=C(C)N=c2s/c(=C/c3ccc(Sc4nc(C)cc(=O)[nH]4)o3)c(=O)n2[C@@H]1c1cc(OC)c(OC)cc1Br. The van der Waals surface area contributed by atoms with Gasteiger partial charge in [0.25, 0.3) is 11.1 Å². The van der Waals surface area contributed by atoms with Crippen LogP contribution in [0, 0.1) is 6.92 Å². The van der Waals surface area contributed by atoms with E-state index in [1.165, 1.54) is 36.2 Å². The number of aromatic nitrogens is 3. The van der Waals surface area contributed by atoms with Crippen molar-refractivity contribution in [3.63, 3.8) is 0 Å². The molecule has 0 amide bonds. The van der Waals surface area contributed by atoms with Crippen molar-refractivity contribution >= 4 is 51.1 Å². The molecular weight excluding hydrogens is 648 g/mol. The Morgan fingerprint density at radius 3 is 2.62 bits per heavy atom. The molecule has 3 aromatic heterocycles. The van der Waals surface area contributed by atoms with Gasteiger partial charge in [-0.3, -0.25) is 14.2 Å². The molecule has 11 nitrogen and oxygen atoms in total. The van der Waals surface area contributed by atoms with Gasteiger partial charge in [0.1, 0.15) is 5.76 Å². The second-order valence-corrected chi connectivity index (χ2v) is 11.8. The highest BCUT2D eigenvalue weighted by molar-refractivity contribution is 9.10. The molecule has 42 heavy (non-hydrogen) atoms. The number of nitrogens with zero attached hydrogens (tertiary/aromatic N) is 3. The van der Waals surface area contributed by atoms with Crippen LogP contribution >= 0.6 is 39.0 Å². The van der Waals surface area contributed by atoms with Gasteiger partial charge in [-0.05, 0) is 62.4 Å². The minimum absolute atomic E-state index is 0.157. The van der Waals surface area contributed by atoms with E-state index in [0.717, 1.165) is 11.8 Å². The number of H-pyrrole nitrogens is 1. The van der Waals surface area contributed by atoms with Crippen LogP contribution in [0.1, 0.15) is 36.9 Å². The molecule has 0 saturated heterocycles. The maximum Gasteiger partial charge on any atom is 0.338 e. The van der Waals surface area contributed by atoms with Gasteiger partial charge in [-0.25, -0.2) is 14.8 Å². The van der Waals surface area contributed by atoms with E-state index in [-0.39, 0.29) is 23.3 Å². The number of thiazole rings is 1. The lowest BCUT2D eigenvalue weighted by Crippen LogP contribution is -2.40. The molecule has 1 aromatic carbocycles. The number of carbonyl (C=O) groups is 1. The summed E-state index contributed by atoms with van der Waals surface area (Å²) in [7, 11) is 3.04. The van der Waals surface area contributed by atoms with Crippen molar-refractivity contribution in [2.45, 2.75) is 37.1 Å². The van der Waals surface area contributed by atoms with Crippen molar-refractivity contribution in [3.8, 4) is 11.5 Å². The van der Waals surface area contributed by atoms with Gasteiger partial charge < -0.3 is 23.6 Å². The fourth-order valence-corrected chi connectivity index (χ4v) is 6.83. The first-order chi connectivity index (χ1) is 20.1. The Morgan fingerprint density at radius 1 is 1.19 bits per heavy atom. The van der Waals surface area contributed by atoms with Crippen LogP contribution in [0.5, 0.6) is 11.5 Å². The number of rotatable bonds is 8. The Hall–Kier alpha value is -3.88. The van der Waals surface area contributed by atoms with Crippen LogP contribution in [0.2, 0.25) is 0 Å². The van der Waals surface area contributed by atoms with Gasteiger partial charge in [-0.2, -0.15) is 0 Å². The van der Waals surface area contributed by atoms with E-state index in [4.69, 9.17) is 18.6 Å². The molecule has 1 aliphatic rings. The lowest BCUT2D eigenvalue weighted by Gasteiger charge is -2.26. The standard InChI is InChI=1S/C28H25BrN4O7S2/c1-6-39-26(36)23-14(3)31-28-33(24(23)16-11-18(37-4)19(38-5)12-17(16)29)25(35)20(41-28)10-15-7-8-22(40-15)42-27-30-13(2)9-21(34)32-27/h7-12,24H,6H2,1-5H3,(H,30,32,34)/b20-10+/t24-/m1/s1. The first kappa shape index (κ1) is 29.6. The van der Waals surface area contributed by atoms with Crippen LogP contribution in [0.15, 0.2) is 75.3 Å². The molecule has 0 unspecified atom stereocenters. The highest BCUT2D eigenvalue weighted by atomic mass is 79.9. The summed E-state index contributed by atoms with van der Waals surface area (Å²) in [5.74, 6) is 0.759. The quantitative estimate of drug-likeness (QED) is 0.219. The molecule has 0 fully saturated rings. The van der Waals surface area contributed by atoms with E-state index in [1.54, 1.807) is 51.1 Å². The van der Waals surface area contributed by atoms with E-state index in [1.807, 2.05) is 0 Å². The monoisotopic (exact) mass is 672 g/mol. The molecule has 1 aliphatic heterocycles. The largest absolute Gasteiger partial charge is 0.493 e. The van der Waals surface area contributed by atoms with Crippen molar-refractivity contribution in [1.82, 2.24) is 14.5 Å². The lowest BCUT2D eigenvalue weighted by molar-refractivity contribution is -0.139. The number of hydrogen-bond acceptors (Lipinski definition) is 11. The van der Waals surface area contributed by atoms with Crippen LogP contribution in [0.4, 0.5) is 0 Å². The summed E-state index contributed by atoms with van der Waals surface area (Å²) in [5.41, 5.74) is 1.22. The number of aryl methyl sites for hydroxylation is 1. The third-order valence-corrected chi connectivity index (χ3v) is 8.71. The van der Waals surface area contributed by atoms with Crippen molar-refractivity contribution in [2.24, 2.45) is 4.99 Å². The third kappa shape index (κ3) is 5.74. The molecule has 0 bridgehead atoms. The molecule has 4 heterocycles. The lowest BCUT2D eigenvalue weighted by atomic mass is 9.95. The zero-order valence-electron chi connectivity index (χ0n) is 23.1. The normalized spacial score (nSPS) is 14.9. The predicted octanol–water partition coefficient (Wildman–Crippen LogP) is 3.71. The Labute approximate surface area is 255 Å². The third-order valence-electron chi connectivity index (χ3n) is 6.24. The molecule has 1 N–H and O–H groups in total. The summed E-state index contributed by atoms with van der Waals surface area (Å²) >= 11 is 5.92. The van der Waals surface area contributed by atoms with Crippen LogP contribution in [-0.4, -0.2) is 41.3 Å². The highest BCUT2D eigenvalue weighted by Gasteiger charge is 2.35. The summed E-state index contributed by atoms with van der Waals surface area (Å²) in [5, 5.41) is 0.873. The first-order valence-corrected chi connectivity index (χ1v) is 15.0. The van der Waals surface area contributed by atoms with Crippen molar-refractivity contribution in [2.75, 3.05) is 20.8 Å². The first-order valence-electron chi connectivity index (χ1n) is 12.6. The molecule has 218 valence electrons. The number of aromatic amines is 1. The smallest absolute Gasteiger partial charge is 0.338 e. The van der Waals surface area contributed by atoms with Crippen LogP contribution in [-0.2, 0) is 9.53 Å². The van der Waals surface area contributed by atoms with Gasteiger partial charge in [0.05, 0.1) is 42.7 Å².